The molecule has 1 fully saturated rings. The van der Waals surface area contributed by atoms with Crippen molar-refractivity contribution in [2.75, 3.05) is 18.8 Å². The predicted octanol–water partition coefficient (Wildman–Crippen LogP) is 2.74. The fraction of sp³-hybridized carbons (Fsp3) is 0.294. The summed E-state index contributed by atoms with van der Waals surface area (Å²) in [6.07, 6.45) is 5.61. The topological polar surface area (TPSA) is 68.8 Å². The van der Waals surface area contributed by atoms with Gasteiger partial charge in [-0.2, -0.15) is 0 Å². The summed E-state index contributed by atoms with van der Waals surface area (Å²) in [4.78, 5) is 8.57. The van der Waals surface area contributed by atoms with Crippen LogP contribution in [-0.2, 0) is 0 Å². The van der Waals surface area contributed by atoms with Crippen molar-refractivity contribution < 1.29 is 4.39 Å². The maximum absolute atomic E-state index is 13.6. The number of hydrogen-bond acceptors (Lipinski definition) is 4. The lowest BCUT2D eigenvalue weighted by molar-refractivity contribution is 0.375. The molecule has 23 heavy (non-hydrogen) atoms. The van der Waals surface area contributed by atoms with Crippen molar-refractivity contribution in [3.05, 3.63) is 42.6 Å². The van der Waals surface area contributed by atoms with E-state index in [9.17, 15) is 4.39 Å². The van der Waals surface area contributed by atoms with Gasteiger partial charge in [0, 0.05) is 17.8 Å². The van der Waals surface area contributed by atoms with Gasteiger partial charge in [0.25, 0.3) is 0 Å². The van der Waals surface area contributed by atoms with Gasteiger partial charge in [-0.15, -0.1) is 0 Å². The molecule has 0 bridgehead atoms. The lowest BCUT2D eigenvalue weighted by Crippen LogP contribution is -2.29. The molecule has 3 aromatic rings. The van der Waals surface area contributed by atoms with Crippen LogP contribution in [0, 0.1) is 5.82 Å². The molecule has 118 valence electrons. The molecular formula is C17H18FN5. The Labute approximate surface area is 133 Å². The van der Waals surface area contributed by atoms with Gasteiger partial charge in [-0.25, -0.2) is 14.4 Å². The molecule has 1 aromatic carbocycles. The van der Waals surface area contributed by atoms with E-state index in [2.05, 4.69) is 19.9 Å². The smallest absolute Gasteiger partial charge is 0.146 e. The summed E-state index contributed by atoms with van der Waals surface area (Å²) in [6, 6.07) is 6.93. The van der Waals surface area contributed by atoms with Crippen molar-refractivity contribution in [2.24, 2.45) is 0 Å². The second-order valence-electron chi connectivity index (χ2n) is 5.90. The number of fused-ring (bicyclic) bond motifs is 1. The largest absolute Gasteiger partial charge is 0.383 e. The fourth-order valence-electron chi connectivity index (χ4n) is 3.35. The number of anilines is 1. The first-order chi connectivity index (χ1) is 11.2. The number of nitrogens with one attached hydrogen (secondary N) is 1. The normalized spacial score (nSPS) is 16.0. The molecule has 0 atom stereocenters. The van der Waals surface area contributed by atoms with Gasteiger partial charge in [0.1, 0.15) is 23.6 Å². The van der Waals surface area contributed by atoms with Gasteiger partial charge in [-0.1, -0.05) is 12.1 Å². The van der Waals surface area contributed by atoms with Gasteiger partial charge >= 0.3 is 0 Å². The Hall–Kier alpha value is -2.47. The average molecular weight is 311 g/mol. The van der Waals surface area contributed by atoms with Gasteiger partial charge in [0.15, 0.2) is 0 Å². The lowest BCUT2D eigenvalue weighted by Gasteiger charge is -2.24. The lowest BCUT2D eigenvalue weighted by atomic mass is 10.1. The summed E-state index contributed by atoms with van der Waals surface area (Å²) in [5, 5.41) is 4.17. The Kier molecular flexibility index (Phi) is 3.46. The van der Waals surface area contributed by atoms with Crippen molar-refractivity contribution in [1.82, 2.24) is 19.9 Å². The highest BCUT2D eigenvalue weighted by Crippen LogP contribution is 2.35. The molecule has 1 saturated heterocycles. The molecule has 0 aliphatic carbocycles. The molecule has 1 aliphatic heterocycles. The van der Waals surface area contributed by atoms with Crippen molar-refractivity contribution >= 4 is 16.9 Å². The molecule has 0 saturated carbocycles. The van der Waals surface area contributed by atoms with Crippen LogP contribution in [0.1, 0.15) is 18.9 Å². The second kappa shape index (κ2) is 5.62. The highest BCUT2D eigenvalue weighted by molar-refractivity contribution is 6.00. The zero-order chi connectivity index (χ0) is 15.8. The highest BCUT2D eigenvalue weighted by Gasteiger charge is 2.21. The molecule has 4 rings (SSSR count). The average Bonchev–Trinajstić information content (AvgIpc) is 2.97. The summed E-state index contributed by atoms with van der Waals surface area (Å²) in [7, 11) is 0. The molecule has 6 heteroatoms. The van der Waals surface area contributed by atoms with E-state index in [-0.39, 0.29) is 5.82 Å². The van der Waals surface area contributed by atoms with E-state index in [1.165, 1.54) is 18.5 Å². The standard InChI is InChI=1S/C17H18FN5/c18-12-3-1-2-11(8-12)14-9-23(13-4-6-20-7-5-13)17-15(14)16(19)21-10-22-17/h1-3,8-10,13,20H,4-7H2,(H2,19,21,22). The maximum atomic E-state index is 13.6. The first kappa shape index (κ1) is 14.1. The van der Waals surface area contributed by atoms with Crippen LogP contribution in [0.15, 0.2) is 36.8 Å². The zero-order valence-electron chi connectivity index (χ0n) is 12.7. The van der Waals surface area contributed by atoms with Crippen LogP contribution in [-0.4, -0.2) is 27.6 Å². The third kappa shape index (κ3) is 2.45. The number of nitrogens with zero attached hydrogens (tertiary/aromatic N) is 3. The van der Waals surface area contributed by atoms with Crippen LogP contribution in [0.2, 0.25) is 0 Å². The molecule has 5 nitrogen and oxygen atoms in total. The number of benzene rings is 1. The van der Waals surface area contributed by atoms with Crippen molar-refractivity contribution in [3.63, 3.8) is 0 Å². The number of aromatic nitrogens is 3. The zero-order valence-corrected chi connectivity index (χ0v) is 12.7. The van der Waals surface area contributed by atoms with Gasteiger partial charge in [-0.05, 0) is 43.6 Å². The van der Waals surface area contributed by atoms with Crippen LogP contribution in [0.4, 0.5) is 10.2 Å². The Balaban J connectivity index is 1.94. The van der Waals surface area contributed by atoms with Crippen LogP contribution in [0.25, 0.3) is 22.2 Å². The number of halogens is 1. The minimum absolute atomic E-state index is 0.263. The summed E-state index contributed by atoms with van der Waals surface area (Å²) in [6.45, 7) is 1.97. The summed E-state index contributed by atoms with van der Waals surface area (Å²) >= 11 is 0. The summed E-state index contributed by atoms with van der Waals surface area (Å²) < 4.78 is 15.8. The number of nitrogen functional groups attached to an aromatic ring is 1. The molecule has 1 aliphatic rings. The quantitative estimate of drug-likeness (QED) is 0.763. The van der Waals surface area contributed by atoms with E-state index in [0.717, 1.165) is 48.1 Å². The van der Waals surface area contributed by atoms with Gasteiger partial charge in [0.2, 0.25) is 0 Å². The number of rotatable bonds is 2. The van der Waals surface area contributed by atoms with Crippen molar-refractivity contribution in [2.45, 2.75) is 18.9 Å². The minimum Gasteiger partial charge on any atom is -0.383 e. The van der Waals surface area contributed by atoms with Crippen LogP contribution < -0.4 is 11.1 Å². The highest BCUT2D eigenvalue weighted by atomic mass is 19.1. The number of nitrogens with two attached hydrogens (primary N) is 1. The molecule has 2 aromatic heterocycles. The molecule has 3 heterocycles. The van der Waals surface area contributed by atoms with E-state index in [4.69, 9.17) is 5.73 Å². The third-order valence-electron chi connectivity index (χ3n) is 4.48. The molecule has 0 spiro atoms. The van der Waals surface area contributed by atoms with E-state index >= 15 is 0 Å². The Morgan fingerprint density at radius 2 is 2.04 bits per heavy atom. The molecule has 0 unspecified atom stereocenters. The van der Waals surface area contributed by atoms with E-state index in [1.54, 1.807) is 6.07 Å². The fourth-order valence-corrected chi connectivity index (χ4v) is 3.35. The van der Waals surface area contributed by atoms with Gasteiger partial charge in [-0.3, -0.25) is 0 Å². The SMILES string of the molecule is Nc1ncnc2c1c(-c1cccc(F)c1)cn2C1CCNCC1. The Bertz CT molecular complexity index is 851. The maximum Gasteiger partial charge on any atom is 0.146 e. The predicted molar refractivity (Wildman–Crippen MR) is 88.5 cm³/mol. The first-order valence-electron chi connectivity index (χ1n) is 7.81. The van der Waals surface area contributed by atoms with Gasteiger partial charge < -0.3 is 15.6 Å². The molecule has 3 N–H and O–H groups in total. The van der Waals surface area contributed by atoms with Gasteiger partial charge in [0.05, 0.1) is 5.39 Å². The van der Waals surface area contributed by atoms with Crippen LogP contribution >= 0.6 is 0 Å². The van der Waals surface area contributed by atoms with E-state index in [1.807, 2.05) is 12.3 Å². The molecule has 0 radical (unpaired) electrons. The number of hydrogen-bond donors (Lipinski definition) is 2. The van der Waals surface area contributed by atoms with E-state index < -0.39 is 0 Å². The summed E-state index contributed by atoms with van der Waals surface area (Å²) in [5.74, 6) is 0.169. The Morgan fingerprint density at radius 1 is 1.22 bits per heavy atom. The third-order valence-corrected chi connectivity index (χ3v) is 4.48. The van der Waals surface area contributed by atoms with Crippen LogP contribution in [0.5, 0.6) is 0 Å². The van der Waals surface area contributed by atoms with E-state index in [0.29, 0.717) is 11.9 Å². The minimum atomic E-state index is -0.263. The second-order valence-corrected chi connectivity index (χ2v) is 5.90. The molecule has 0 amide bonds. The molecular weight excluding hydrogens is 293 g/mol. The van der Waals surface area contributed by atoms with Crippen molar-refractivity contribution in [3.8, 4) is 11.1 Å². The summed E-state index contributed by atoms with van der Waals surface area (Å²) in [5.41, 5.74) is 8.61. The van der Waals surface area contributed by atoms with Crippen LogP contribution in [0.3, 0.4) is 0 Å². The monoisotopic (exact) mass is 311 g/mol. The van der Waals surface area contributed by atoms with Crippen molar-refractivity contribution in [1.29, 1.82) is 0 Å². The first-order valence-corrected chi connectivity index (χ1v) is 7.81. The number of piperidine rings is 1. The Morgan fingerprint density at radius 3 is 2.83 bits per heavy atom.